The van der Waals surface area contributed by atoms with Crippen molar-refractivity contribution in [3.05, 3.63) is 40.1 Å². The van der Waals surface area contributed by atoms with Gasteiger partial charge in [0.05, 0.1) is 11.3 Å². The highest BCUT2D eigenvalue weighted by Gasteiger charge is 2.23. The van der Waals surface area contributed by atoms with Crippen molar-refractivity contribution < 1.29 is 19.6 Å². The number of aromatic nitrogens is 1. The van der Waals surface area contributed by atoms with E-state index < -0.39 is 22.8 Å². The molecule has 0 bridgehead atoms. The molecule has 0 aliphatic rings. The number of nitrogens with zero attached hydrogens (tertiary/aromatic N) is 1. The van der Waals surface area contributed by atoms with E-state index in [1.54, 1.807) is 12.3 Å². The summed E-state index contributed by atoms with van der Waals surface area (Å²) >= 11 is 0. The molecular weight excluding hydrogens is 338 g/mol. The van der Waals surface area contributed by atoms with Gasteiger partial charge >= 0.3 is 5.97 Å². The smallest absolute Gasteiger partial charge is 0.326 e. The number of H-pyrrole nitrogens is 1. The number of carbonyl (C=O) groups excluding carboxylic acids is 1. The number of nitrogens with one attached hydrogen (secondary N) is 2. The summed E-state index contributed by atoms with van der Waals surface area (Å²) in [6.45, 7) is 6.02. The Kier molecular flexibility index (Phi) is 5.64. The highest BCUT2D eigenvalue weighted by Crippen LogP contribution is 2.24. The summed E-state index contributed by atoms with van der Waals surface area (Å²) in [6.07, 6.45) is 2.55. The van der Waals surface area contributed by atoms with Gasteiger partial charge in [-0.05, 0) is 29.9 Å². The Balaban J connectivity index is 2.10. The second kappa shape index (κ2) is 7.55. The molecule has 1 atom stereocenters. The fourth-order valence-electron chi connectivity index (χ4n) is 2.68. The van der Waals surface area contributed by atoms with E-state index in [-0.39, 0.29) is 17.5 Å². The molecule has 8 nitrogen and oxygen atoms in total. The minimum atomic E-state index is -1.07. The van der Waals surface area contributed by atoms with Gasteiger partial charge in [-0.25, -0.2) is 4.79 Å². The molecule has 1 unspecified atom stereocenters. The number of aliphatic carboxylic acids is 1. The van der Waals surface area contributed by atoms with Crippen LogP contribution in [0.1, 0.15) is 39.2 Å². The summed E-state index contributed by atoms with van der Waals surface area (Å²) in [5, 5.41) is 23.4. The first-order valence-corrected chi connectivity index (χ1v) is 8.33. The molecule has 0 aliphatic heterocycles. The average molecular weight is 361 g/mol. The lowest BCUT2D eigenvalue weighted by Crippen LogP contribution is -2.42. The van der Waals surface area contributed by atoms with Gasteiger partial charge in [0.25, 0.3) is 5.69 Å². The van der Waals surface area contributed by atoms with Crippen molar-refractivity contribution in [3.63, 3.8) is 0 Å². The van der Waals surface area contributed by atoms with Crippen LogP contribution in [-0.2, 0) is 16.0 Å². The van der Waals surface area contributed by atoms with E-state index in [0.29, 0.717) is 29.3 Å². The largest absolute Gasteiger partial charge is 0.480 e. The highest BCUT2D eigenvalue weighted by molar-refractivity contribution is 5.91. The molecule has 2 rings (SSSR count). The van der Waals surface area contributed by atoms with Crippen LogP contribution in [0.15, 0.2) is 24.4 Å². The van der Waals surface area contributed by atoms with Crippen molar-refractivity contribution in [1.82, 2.24) is 10.3 Å². The van der Waals surface area contributed by atoms with Crippen LogP contribution in [0.2, 0.25) is 0 Å². The number of carboxylic acids is 1. The summed E-state index contributed by atoms with van der Waals surface area (Å²) in [6, 6.07) is 3.41. The standard InChI is InChI=1S/C18H23N3O5/c1-18(2,3)7-6-15(17(23)24)20-16(22)8-11-10-19-14-5-4-12(21(25)26)9-13(11)14/h4-5,9-10,15,19H,6-8H2,1-3H3,(H,20,22)(H,23,24). The predicted molar refractivity (Wildman–Crippen MR) is 96.9 cm³/mol. The topological polar surface area (TPSA) is 125 Å². The van der Waals surface area contributed by atoms with Crippen LogP contribution in [0, 0.1) is 15.5 Å². The normalized spacial score (nSPS) is 12.7. The Morgan fingerprint density at radius 1 is 1.35 bits per heavy atom. The lowest BCUT2D eigenvalue weighted by molar-refractivity contribution is -0.384. The molecular formula is C18H23N3O5. The van der Waals surface area contributed by atoms with Crippen LogP contribution >= 0.6 is 0 Å². The minimum Gasteiger partial charge on any atom is -0.480 e. The van der Waals surface area contributed by atoms with Crippen LogP contribution in [0.5, 0.6) is 0 Å². The average Bonchev–Trinajstić information content (AvgIpc) is 2.92. The lowest BCUT2D eigenvalue weighted by Gasteiger charge is -2.21. The number of hydrogen-bond acceptors (Lipinski definition) is 4. The molecule has 2 aromatic rings. The van der Waals surface area contributed by atoms with Crippen molar-refractivity contribution in [2.24, 2.45) is 5.41 Å². The van der Waals surface area contributed by atoms with Gasteiger partial charge in [-0.1, -0.05) is 20.8 Å². The number of benzene rings is 1. The van der Waals surface area contributed by atoms with Crippen molar-refractivity contribution in [2.45, 2.75) is 46.1 Å². The van der Waals surface area contributed by atoms with E-state index in [0.717, 1.165) is 0 Å². The minimum absolute atomic E-state index is 0.0335. The van der Waals surface area contributed by atoms with E-state index in [1.165, 1.54) is 12.1 Å². The van der Waals surface area contributed by atoms with Gasteiger partial charge in [-0.3, -0.25) is 14.9 Å². The van der Waals surface area contributed by atoms with Crippen molar-refractivity contribution >= 4 is 28.5 Å². The van der Waals surface area contributed by atoms with E-state index in [1.807, 2.05) is 20.8 Å². The fourth-order valence-corrected chi connectivity index (χ4v) is 2.68. The zero-order chi connectivity index (χ0) is 19.5. The van der Waals surface area contributed by atoms with Gasteiger partial charge in [0.1, 0.15) is 6.04 Å². The van der Waals surface area contributed by atoms with Gasteiger partial charge in [0.2, 0.25) is 5.91 Å². The van der Waals surface area contributed by atoms with Crippen LogP contribution in [0.3, 0.4) is 0 Å². The number of nitro benzene ring substituents is 1. The van der Waals surface area contributed by atoms with Crippen molar-refractivity contribution in [3.8, 4) is 0 Å². The van der Waals surface area contributed by atoms with Crippen LogP contribution in [0.25, 0.3) is 10.9 Å². The van der Waals surface area contributed by atoms with Crippen LogP contribution < -0.4 is 5.32 Å². The highest BCUT2D eigenvalue weighted by atomic mass is 16.6. The van der Waals surface area contributed by atoms with Crippen molar-refractivity contribution in [2.75, 3.05) is 0 Å². The summed E-state index contributed by atoms with van der Waals surface area (Å²) in [4.78, 5) is 37.1. The third kappa shape index (κ3) is 5.05. The summed E-state index contributed by atoms with van der Waals surface area (Å²) in [7, 11) is 0. The number of hydrogen-bond donors (Lipinski definition) is 3. The molecule has 26 heavy (non-hydrogen) atoms. The first-order chi connectivity index (χ1) is 12.1. The Hall–Kier alpha value is -2.90. The molecule has 0 saturated heterocycles. The predicted octanol–water partition coefficient (Wildman–Crippen LogP) is 3.01. The maximum atomic E-state index is 12.3. The SMILES string of the molecule is CC(C)(C)CCC(NC(=O)Cc1c[nH]c2ccc([N+](=O)[O-])cc12)C(=O)O. The number of carboxylic acid groups (broad SMARTS) is 1. The molecule has 0 fully saturated rings. The first kappa shape index (κ1) is 19.4. The Morgan fingerprint density at radius 2 is 2.04 bits per heavy atom. The Labute approximate surface area is 150 Å². The molecule has 1 aromatic carbocycles. The Morgan fingerprint density at radius 3 is 2.62 bits per heavy atom. The van der Waals surface area contributed by atoms with Crippen LogP contribution in [0.4, 0.5) is 5.69 Å². The van der Waals surface area contributed by atoms with Gasteiger partial charge in [0, 0.05) is 29.2 Å². The van der Waals surface area contributed by atoms with E-state index in [9.17, 15) is 24.8 Å². The molecule has 0 spiro atoms. The monoisotopic (exact) mass is 361 g/mol. The number of non-ortho nitro benzene ring substituents is 1. The van der Waals surface area contributed by atoms with E-state index >= 15 is 0 Å². The second-order valence-corrected chi connectivity index (χ2v) is 7.54. The summed E-state index contributed by atoms with van der Waals surface area (Å²) in [5.74, 6) is -1.50. The lowest BCUT2D eigenvalue weighted by atomic mass is 9.88. The number of nitro groups is 1. The molecule has 0 aliphatic carbocycles. The van der Waals surface area contributed by atoms with Gasteiger partial charge in [-0.15, -0.1) is 0 Å². The number of amides is 1. The molecule has 0 radical (unpaired) electrons. The van der Waals surface area contributed by atoms with E-state index in [4.69, 9.17) is 0 Å². The maximum absolute atomic E-state index is 12.3. The molecule has 0 saturated carbocycles. The molecule has 8 heteroatoms. The quantitative estimate of drug-likeness (QED) is 0.516. The Bertz CT molecular complexity index is 835. The molecule has 1 amide bonds. The second-order valence-electron chi connectivity index (χ2n) is 7.54. The van der Waals surface area contributed by atoms with Gasteiger partial charge in [0.15, 0.2) is 0 Å². The van der Waals surface area contributed by atoms with Gasteiger partial charge < -0.3 is 15.4 Å². The zero-order valence-electron chi connectivity index (χ0n) is 15.0. The molecule has 140 valence electrons. The molecule has 3 N–H and O–H groups in total. The van der Waals surface area contributed by atoms with Crippen molar-refractivity contribution in [1.29, 1.82) is 0 Å². The number of rotatable bonds is 7. The summed E-state index contributed by atoms with van der Waals surface area (Å²) in [5.41, 5.74) is 1.17. The number of carbonyl (C=O) groups is 2. The third-order valence-electron chi connectivity index (χ3n) is 4.13. The van der Waals surface area contributed by atoms with Gasteiger partial charge in [-0.2, -0.15) is 0 Å². The molecule has 1 aromatic heterocycles. The third-order valence-corrected chi connectivity index (χ3v) is 4.13. The molecule has 1 heterocycles. The number of fused-ring (bicyclic) bond motifs is 1. The zero-order valence-corrected chi connectivity index (χ0v) is 15.0. The number of aromatic amines is 1. The van der Waals surface area contributed by atoms with E-state index in [2.05, 4.69) is 10.3 Å². The van der Waals surface area contributed by atoms with Crippen LogP contribution in [-0.4, -0.2) is 32.9 Å². The summed E-state index contributed by atoms with van der Waals surface area (Å²) < 4.78 is 0. The maximum Gasteiger partial charge on any atom is 0.326 e. The first-order valence-electron chi connectivity index (χ1n) is 8.33. The fraction of sp³-hybridized carbons (Fsp3) is 0.444.